The summed E-state index contributed by atoms with van der Waals surface area (Å²) >= 11 is 1.89. The molecule has 2 aliphatic rings. The predicted octanol–water partition coefficient (Wildman–Crippen LogP) is 3.61. The molecule has 2 aliphatic heterocycles. The Morgan fingerprint density at radius 1 is 1.16 bits per heavy atom. The van der Waals surface area contributed by atoms with E-state index >= 15 is 0 Å². The highest BCUT2D eigenvalue weighted by atomic mass is 32.2. The Morgan fingerprint density at radius 3 is 3.00 bits per heavy atom. The SMILES string of the molecule is O=C1CCC2c3c(ccc4ccccc34)SCCN12. The number of hydrogen-bond acceptors (Lipinski definition) is 2. The summed E-state index contributed by atoms with van der Waals surface area (Å²) < 4.78 is 0. The van der Waals surface area contributed by atoms with Crippen LogP contribution in [0.1, 0.15) is 24.4 Å². The molecule has 96 valence electrons. The van der Waals surface area contributed by atoms with Crippen LogP contribution >= 0.6 is 11.8 Å². The molecule has 0 saturated carbocycles. The normalized spacial score (nSPS) is 22.2. The van der Waals surface area contributed by atoms with Crippen LogP contribution in [0.25, 0.3) is 10.8 Å². The number of hydrogen-bond donors (Lipinski definition) is 0. The summed E-state index contributed by atoms with van der Waals surface area (Å²) in [5.74, 6) is 1.33. The number of benzene rings is 2. The highest BCUT2D eigenvalue weighted by Crippen LogP contribution is 2.44. The Morgan fingerprint density at radius 2 is 2.05 bits per heavy atom. The van der Waals surface area contributed by atoms with Crippen molar-refractivity contribution in [2.75, 3.05) is 12.3 Å². The van der Waals surface area contributed by atoms with Crippen LogP contribution in [0, 0.1) is 0 Å². The van der Waals surface area contributed by atoms with Crippen LogP contribution in [-0.4, -0.2) is 23.1 Å². The molecule has 0 aromatic heterocycles. The number of thioether (sulfide) groups is 1. The van der Waals surface area contributed by atoms with Crippen molar-refractivity contribution < 1.29 is 4.79 Å². The van der Waals surface area contributed by atoms with Gasteiger partial charge in [-0.05, 0) is 28.8 Å². The summed E-state index contributed by atoms with van der Waals surface area (Å²) in [6.45, 7) is 0.886. The Hall–Kier alpha value is -1.48. The fraction of sp³-hybridized carbons (Fsp3) is 0.312. The molecular formula is C16H15NOS. The fourth-order valence-electron chi connectivity index (χ4n) is 3.31. The first-order chi connectivity index (χ1) is 9.34. The number of rotatable bonds is 0. The predicted molar refractivity (Wildman–Crippen MR) is 78.4 cm³/mol. The maximum atomic E-state index is 12.0. The van der Waals surface area contributed by atoms with Gasteiger partial charge in [0, 0.05) is 23.6 Å². The van der Waals surface area contributed by atoms with E-state index in [1.165, 1.54) is 21.2 Å². The maximum Gasteiger partial charge on any atom is 0.223 e. The average Bonchev–Trinajstić information content (AvgIpc) is 2.70. The van der Waals surface area contributed by atoms with E-state index < -0.39 is 0 Å². The largest absolute Gasteiger partial charge is 0.335 e. The van der Waals surface area contributed by atoms with E-state index in [2.05, 4.69) is 41.3 Å². The second-order valence-corrected chi connectivity index (χ2v) is 6.33. The molecule has 0 radical (unpaired) electrons. The Bertz CT molecular complexity index is 667. The van der Waals surface area contributed by atoms with Crippen LogP contribution in [0.15, 0.2) is 41.3 Å². The summed E-state index contributed by atoms with van der Waals surface area (Å²) in [6.07, 6.45) is 1.68. The molecular weight excluding hydrogens is 254 g/mol. The molecule has 0 bridgehead atoms. The molecule has 1 unspecified atom stereocenters. The highest BCUT2D eigenvalue weighted by Gasteiger charge is 2.35. The van der Waals surface area contributed by atoms with Crippen LogP contribution in [0.2, 0.25) is 0 Å². The lowest BCUT2D eigenvalue weighted by Crippen LogP contribution is -2.28. The van der Waals surface area contributed by atoms with E-state index in [9.17, 15) is 4.79 Å². The lowest BCUT2D eigenvalue weighted by molar-refractivity contribution is -0.128. The zero-order chi connectivity index (χ0) is 12.8. The molecule has 1 amide bonds. The third kappa shape index (κ3) is 1.68. The van der Waals surface area contributed by atoms with Crippen molar-refractivity contribution in [2.24, 2.45) is 0 Å². The van der Waals surface area contributed by atoms with Gasteiger partial charge in [0.1, 0.15) is 0 Å². The minimum absolute atomic E-state index is 0.295. The first-order valence-electron chi connectivity index (χ1n) is 6.78. The Kier molecular flexibility index (Phi) is 2.55. The molecule has 0 aliphatic carbocycles. The second kappa shape index (κ2) is 4.27. The van der Waals surface area contributed by atoms with Crippen LogP contribution in [-0.2, 0) is 4.79 Å². The van der Waals surface area contributed by atoms with Crippen molar-refractivity contribution in [3.63, 3.8) is 0 Å². The van der Waals surface area contributed by atoms with Gasteiger partial charge in [-0.25, -0.2) is 0 Å². The van der Waals surface area contributed by atoms with Gasteiger partial charge in [-0.2, -0.15) is 0 Å². The third-order valence-electron chi connectivity index (χ3n) is 4.18. The lowest BCUT2D eigenvalue weighted by atomic mass is 9.97. The molecule has 2 aromatic rings. The van der Waals surface area contributed by atoms with E-state index in [0.29, 0.717) is 18.4 Å². The van der Waals surface area contributed by atoms with Crippen LogP contribution in [0.5, 0.6) is 0 Å². The Balaban J connectivity index is 1.99. The summed E-state index contributed by atoms with van der Waals surface area (Å²) in [5.41, 5.74) is 1.38. The van der Waals surface area contributed by atoms with Gasteiger partial charge in [-0.3, -0.25) is 4.79 Å². The zero-order valence-corrected chi connectivity index (χ0v) is 11.5. The molecule has 2 nitrogen and oxygen atoms in total. The smallest absolute Gasteiger partial charge is 0.223 e. The van der Waals surface area contributed by atoms with Crippen LogP contribution in [0.4, 0.5) is 0 Å². The number of carbonyl (C=O) groups is 1. The van der Waals surface area contributed by atoms with Gasteiger partial charge >= 0.3 is 0 Å². The molecule has 0 N–H and O–H groups in total. The summed E-state index contributed by atoms with van der Waals surface area (Å²) in [4.78, 5) is 15.5. The average molecular weight is 269 g/mol. The highest BCUT2D eigenvalue weighted by molar-refractivity contribution is 7.99. The molecule has 2 aromatic carbocycles. The molecule has 4 rings (SSSR count). The quantitative estimate of drug-likeness (QED) is 0.728. The van der Waals surface area contributed by atoms with E-state index in [-0.39, 0.29) is 0 Å². The standard InChI is InChI=1S/C16H15NOS/c18-15-8-6-13-16-12-4-2-1-3-11(12)5-7-14(16)19-10-9-17(13)15/h1-5,7,13H,6,8-10H2. The van der Waals surface area contributed by atoms with Gasteiger partial charge in [0.15, 0.2) is 0 Å². The van der Waals surface area contributed by atoms with E-state index in [0.717, 1.165) is 18.7 Å². The fourth-order valence-corrected chi connectivity index (χ4v) is 4.39. The zero-order valence-electron chi connectivity index (χ0n) is 10.6. The number of nitrogens with zero attached hydrogens (tertiary/aromatic N) is 1. The molecule has 19 heavy (non-hydrogen) atoms. The van der Waals surface area contributed by atoms with Gasteiger partial charge in [0.05, 0.1) is 6.04 Å². The van der Waals surface area contributed by atoms with E-state index in [1.54, 1.807) is 0 Å². The number of amides is 1. The van der Waals surface area contributed by atoms with Gasteiger partial charge < -0.3 is 4.90 Å². The summed E-state index contributed by atoms with van der Waals surface area (Å²) in [7, 11) is 0. The van der Waals surface area contributed by atoms with Gasteiger partial charge in [0.2, 0.25) is 5.91 Å². The number of carbonyl (C=O) groups excluding carboxylic acids is 1. The number of fused-ring (bicyclic) bond motifs is 5. The lowest BCUT2D eigenvalue weighted by Gasteiger charge is -2.24. The van der Waals surface area contributed by atoms with Crippen molar-refractivity contribution >= 4 is 28.4 Å². The van der Waals surface area contributed by atoms with Crippen molar-refractivity contribution in [1.82, 2.24) is 4.90 Å². The van der Waals surface area contributed by atoms with Gasteiger partial charge in [-0.15, -0.1) is 11.8 Å². The topological polar surface area (TPSA) is 20.3 Å². The Labute approximate surface area is 116 Å². The molecule has 1 saturated heterocycles. The van der Waals surface area contributed by atoms with E-state index in [4.69, 9.17) is 0 Å². The summed E-state index contributed by atoms with van der Waals surface area (Å²) in [6, 6.07) is 13.3. The molecule has 3 heteroatoms. The minimum atomic E-state index is 0.295. The van der Waals surface area contributed by atoms with Crippen molar-refractivity contribution in [2.45, 2.75) is 23.8 Å². The van der Waals surface area contributed by atoms with Crippen molar-refractivity contribution in [3.05, 3.63) is 42.0 Å². The third-order valence-corrected chi connectivity index (χ3v) is 5.24. The first-order valence-corrected chi connectivity index (χ1v) is 7.77. The van der Waals surface area contributed by atoms with Crippen molar-refractivity contribution in [1.29, 1.82) is 0 Å². The molecule has 1 fully saturated rings. The molecule has 1 atom stereocenters. The van der Waals surface area contributed by atoms with Gasteiger partial charge in [0.25, 0.3) is 0 Å². The van der Waals surface area contributed by atoms with E-state index in [1.807, 2.05) is 11.8 Å². The van der Waals surface area contributed by atoms with Crippen LogP contribution in [0.3, 0.4) is 0 Å². The first kappa shape index (κ1) is 11.4. The summed E-state index contributed by atoms with van der Waals surface area (Å²) in [5, 5.41) is 2.60. The molecule has 0 spiro atoms. The van der Waals surface area contributed by atoms with Gasteiger partial charge in [-0.1, -0.05) is 30.3 Å². The minimum Gasteiger partial charge on any atom is -0.335 e. The van der Waals surface area contributed by atoms with Crippen LogP contribution < -0.4 is 0 Å². The maximum absolute atomic E-state index is 12.0. The molecule has 2 heterocycles. The second-order valence-electron chi connectivity index (χ2n) is 5.19. The monoisotopic (exact) mass is 269 g/mol. The van der Waals surface area contributed by atoms with Crippen molar-refractivity contribution in [3.8, 4) is 0 Å².